The van der Waals surface area contributed by atoms with E-state index in [-0.39, 0.29) is 11.9 Å². The average Bonchev–Trinajstić information content (AvgIpc) is 2.32. The van der Waals surface area contributed by atoms with E-state index in [1.54, 1.807) is 6.07 Å². The maximum atomic E-state index is 11.9. The molecule has 4 nitrogen and oxygen atoms in total. The Morgan fingerprint density at radius 3 is 2.82 bits per heavy atom. The number of aromatic nitrogens is 1. The van der Waals surface area contributed by atoms with Gasteiger partial charge < -0.3 is 5.32 Å². The van der Waals surface area contributed by atoms with Crippen molar-refractivity contribution >= 4 is 28.3 Å². The van der Waals surface area contributed by atoms with E-state index in [1.807, 2.05) is 0 Å². The van der Waals surface area contributed by atoms with Crippen LogP contribution < -0.4 is 5.32 Å². The Morgan fingerprint density at radius 2 is 2.18 bits per heavy atom. The lowest BCUT2D eigenvalue weighted by Gasteiger charge is -2.22. The van der Waals surface area contributed by atoms with Crippen LogP contribution in [-0.2, 0) is 10.8 Å². The molecule has 1 saturated heterocycles. The number of hydrogen-bond acceptors (Lipinski definition) is 3. The van der Waals surface area contributed by atoms with Gasteiger partial charge in [0.15, 0.2) is 0 Å². The summed E-state index contributed by atoms with van der Waals surface area (Å²) in [5, 5.41) is 3.23. The van der Waals surface area contributed by atoms with E-state index >= 15 is 0 Å². The second-order valence-electron chi connectivity index (χ2n) is 3.96. The zero-order valence-corrected chi connectivity index (χ0v) is 10.8. The molecule has 6 heteroatoms. The lowest BCUT2D eigenvalue weighted by Crippen LogP contribution is -2.39. The molecule has 2 heterocycles. The van der Waals surface area contributed by atoms with Crippen molar-refractivity contribution in [2.75, 3.05) is 11.5 Å². The van der Waals surface area contributed by atoms with E-state index in [9.17, 15) is 9.00 Å². The number of nitrogens with one attached hydrogen (secondary N) is 1. The van der Waals surface area contributed by atoms with Crippen LogP contribution in [0.2, 0.25) is 5.15 Å². The Kier molecular flexibility index (Phi) is 4.12. The molecule has 1 aliphatic heterocycles. The zero-order valence-electron chi connectivity index (χ0n) is 9.19. The average molecular weight is 273 g/mol. The lowest BCUT2D eigenvalue weighted by molar-refractivity contribution is 0.0934. The van der Waals surface area contributed by atoms with Crippen LogP contribution in [0.5, 0.6) is 0 Å². The standard InChI is InChI=1S/C11H13ClN2O2S/c12-10-7-8(1-4-13-10)11(15)14-9-2-5-17(16)6-3-9/h1,4,7,9H,2-3,5-6H2,(H,14,15). The lowest BCUT2D eigenvalue weighted by atomic mass is 10.1. The molecule has 92 valence electrons. The molecule has 17 heavy (non-hydrogen) atoms. The number of carbonyl (C=O) groups is 1. The van der Waals surface area contributed by atoms with E-state index < -0.39 is 10.8 Å². The Hall–Kier alpha value is -0.940. The van der Waals surface area contributed by atoms with E-state index in [1.165, 1.54) is 12.3 Å². The summed E-state index contributed by atoms with van der Waals surface area (Å²) in [4.78, 5) is 15.7. The summed E-state index contributed by atoms with van der Waals surface area (Å²) in [7, 11) is -0.706. The van der Waals surface area contributed by atoms with Crippen LogP contribution in [0.4, 0.5) is 0 Å². The third-order valence-corrected chi connectivity index (χ3v) is 4.30. The van der Waals surface area contributed by atoms with Gasteiger partial charge in [-0.05, 0) is 25.0 Å². The highest BCUT2D eigenvalue weighted by Crippen LogP contribution is 2.11. The fraction of sp³-hybridized carbons (Fsp3) is 0.455. The number of amides is 1. The van der Waals surface area contributed by atoms with Gasteiger partial charge in [0.05, 0.1) is 0 Å². The van der Waals surface area contributed by atoms with Crippen LogP contribution in [-0.4, -0.2) is 32.6 Å². The second-order valence-corrected chi connectivity index (χ2v) is 6.05. The molecule has 0 saturated carbocycles. The van der Waals surface area contributed by atoms with Crippen molar-refractivity contribution in [2.45, 2.75) is 18.9 Å². The maximum Gasteiger partial charge on any atom is 0.251 e. The molecule has 1 aromatic heterocycles. The summed E-state index contributed by atoms with van der Waals surface area (Å²) in [5.74, 6) is 1.19. The summed E-state index contributed by atoms with van der Waals surface area (Å²) in [5.41, 5.74) is 0.511. The molecule has 0 bridgehead atoms. The van der Waals surface area contributed by atoms with Crippen molar-refractivity contribution < 1.29 is 9.00 Å². The Morgan fingerprint density at radius 1 is 1.47 bits per heavy atom. The van der Waals surface area contributed by atoms with Gasteiger partial charge >= 0.3 is 0 Å². The first-order valence-corrected chi connectivity index (χ1v) is 7.29. The van der Waals surface area contributed by atoms with Crippen LogP contribution in [0.1, 0.15) is 23.2 Å². The smallest absolute Gasteiger partial charge is 0.251 e. The Balaban J connectivity index is 1.95. The number of pyridine rings is 1. The normalized spacial score (nSPS) is 24.3. The van der Waals surface area contributed by atoms with Gasteiger partial charge in [-0.1, -0.05) is 11.6 Å². The summed E-state index contributed by atoms with van der Waals surface area (Å²) in [6.07, 6.45) is 3.06. The highest BCUT2D eigenvalue weighted by Gasteiger charge is 2.20. The summed E-state index contributed by atoms with van der Waals surface area (Å²) < 4.78 is 11.2. The number of carbonyl (C=O) groups excluding carboxylic acids is 1. The monoisotopic (exact) mass is 272 g/mol. The number of hydrogen-bond donors (Lipinski definition) is 1. The quantitative estimate of drug-likeness (QED) is 0.828. The van der Waals surface area contributed by atoms with Crippen LogP contribution in [0, 0.1) is 0 Å². The van der Waals surface area contributed by atoms with E-state index in [4.69, 9.17) is 11.6 Å². The van der Waals surface area contributed by atoms with Gasteiger partial charge in [-0.25, -0.2) is 4.98 Å². The van der Waals surface area contributed by atoms with Gasteiger partial charge in [0.1, 0.15) is 5.15 Å². The van der Waals surface area contributed by atoms with E-state index in [2.05, 4.69) is 10.3 Å². The molecular weight excluding hydrogens is 260 g/mol. The SMILES string of the molecule is O=C(NC1CCS(=O)CC1)c1ccnc(Cl)c1. The molecule has 1 N–H and O–H groups in total. The minimum atomic E-state index is -0.706. The molecule has 0 aliphatic carbocycles. The second kappa shape index (κ2) is 5.60. The highest BCUT2D eigenvalue weighted by molar-refractivity contribution is 7.85. The molecule has 0 spiro atoms. The molecule has 0 radical (unpaired) electrons. The fourth-order valence-corrected chi connectivity index (χ4v) is 3.22. The largest absolute Gasteiger partial charge is 0.349 e. The Labute approximate surface area is 107 Å². The van der Waals surface area contributed by atoms with Crippen LogP contribution in [0.3, 0.4) is 0 Å². The van der Waals surface area contributed by atoms with Gasteiger partial charge in [-0.15, -0.1) is 0 Å². The Bertz CT molecular complexity index is 443. The number of nitrogens with zero attached hydrogens (tertiary/aromatic N) is 1. The van der Waals surface area contributed by atoms with Crippen LogP contribution in [0.15, 0.2) is 18.3 Å². The molecule has 0 atom stereocenters. The van der Waals surface area contributed by atoms with Crippen molar-refractivity contribution in [3.05, 3.63) is 29.0 Å². The first-order valence-electron chi connectivity index (χ1n) is 5.42. The molecule has 0 unspecified atom stereocenters. The molecule has 1 amide bonds. The first kappa shape index (κ1) is 12.5. The zero-order chi connectivity index (χ0) is 12.3. The van der Waals surface area contributed by atoms with Gasteiger partial charge in [0.2, 0.25) is 0 Å². The van der Waals surface area contributed by atoms with Crippen LogP contribution >= 0.6 is 11.6 Å². The van der Waals surface area contributed by atoms with Crippen molar-refractivity contribution in [3.63, 3.8) is 0 Å². The predicted octanol–water partition coefficient (Wildman–Crippen LogP) is 1.38. The van der Waals surface area contributed by atoms with Crippen LogP contribution in [0.25, 0.3) is 0 Å². The van der Waals surface area contributed by atoms with Crippen molar-refractivity contribution in [1.82, 2.24) is 10.3 Å². The molecule has 2 rings (SSSR count). The summed E-state index contributed by atoms with van der Waals surface area (Å²) in [6.45, 7) is 0. The first-order chi connectivity index (χ1) is 8.15. The van der Waals surface area contributed by atoms with Crippen molar-refractivity contribution in [1.29, 1.82) is 0 Å². The van der Waals surface area contributed by atoms with Crippen molar-refractivity contribution in [3.8, 4) is 0 Å². The fourth-order valence-electron chi connectivity index (χ4n) is 1.75. The highest BCUT2D eigenvalue weighted by atomic mass is 35.5. The van der Waals surface area contributed by atoms with Crippen molar-refractivity contribution in [2.24, 2.45) is 0 Å². The molecule has 1 fully saturated rings. The predicted molar refractivity (Wildman–Crippen MR) is 67.6 cm³/mol. The molecular formula is C11H13ClN2O2S. The topological polar surface area (TPSA) is 59.1 Å². The van der Waals surface area contributed by atoms with Gasteiger partial charge in [0, 0.05) is 40.1 Å². The minimum Gasteiger partial charge on any atom is -0.349 e. The van der Waals surface area contributed by atoms with Gasteiger partial charge in [0.25, 0.3) is 5.91 Å². The summed E-state index contributed by atoms with van der Waals surface area (Å²) >= 11 is 5.72. The summed E-state index contributed by atoms with van der Waals surface area (Å²) in [6, 6.07) is 3.28. The third kappa shape index (κ3) is 3.51. The van der Waals surface area contributed by atoms with Gasteiger partial charge in [-0.3, -0.25) is 9.00 Å². The molecule has 1 aliphatic rings. The van der Waals surface area contributed by atoms with E-state index in [0.29, 0.717) is 22.2 Å². The van der Waals surface area contributed by atoms with E-state index in [0.717, 1.165) is 12.8 Å². The minimum absolute atomic E-state index is 0.118. The third-order valence-electron chi connectivity index (χ3n) is 2.71. The van der Waals surface area contributed by atoms with Gasteiger partial charge in [-0.2, -0.15) is 0 Å². The molecule has 1 aromatic rings. The molecule has 0 aromatic carbocycles. The number of rotatable bonds is 2. The maximum absolute atomic E-state index is 11.9. The number of halogens is 1.